The van der Waals surface area contributed by atoms with Crippen LogP contribution in [0.2, 0.25) is 0 Å². The summed E-state index contributed by atoms with van der Waals surface area (Å²) >= 11 is 0. The molecular formula is C11H20NO. The molecule has 13 heavy (non-hydrogen) atoms. The zero-order valence-corrected chi connectivity index (χ0v) is 8.51. The van der Waals surface area contributed by atoms with Gasteiger partial charge in [-0.25, -0.2) is 0 Å². The van der Waals surface area contributed by atoms with E-state index in [1.54, 1.807) is 0 Å². The third kappa shape index (κ3) is 3.79. The van der Waals surface area contributed by atoms with Crippen LogP contribution in [0.3, 0.4) is 0 Å². The molecule has 0 aliphatic heterocycles. The second-order valence-electron chi connectivity index (χ2n) is 3.81. The quantitative estimate of drug-likeness (QED) is 0.668. The predicted octanol–water partition coefficient (Wildman–Crippen LogP) is 2.64. The monoisotopic (exact) mass is 182 g/mol. The third-order valence-corrected chi connectivity index (χ3v) is 2.67. The first-order chi connectivity index (χ1) is 6.34. The lowest BCUT2D eigenvalue weighted by Gasteiger charge is -2.12. The van der Waals surface area contributed by atoms with Gasteiger partial charge in [-0.05, 0) is 19.3 Å². The van der Waals surface area contributed by atoms with E-state index in [4.69, 9.17) is 0 Å². The van der Waals surface area contributed by atoms with Crippen LogP contribution < -0.4 is 5.32 Å². The normalized spacial score (nSPS) is 19.5. The molecule has 1 N–H and O–H groups in total. The van der Waals surface area contributed by atoms with Gasteiger partial charge in [0.05, 0.1) is 0 Å². The summed E-state index contributed by atoms with van der Waals surface area (Å²) in [5.41, 5.74) is 0. The molecule has 0 atom stereocenters. The van der Waals surface area contributed by atoms with Crippen molar-refractivity contribution in [3.05, 3.63) is 6.54 Å². The van der Waals surface area contributed by atoms with E-state index in [9.17, 15) is 4.79 Å². The van der Waals surface area contributed by atoms with E-state index >= 15 is 0 Å². The van der Waals surface area contributed by atoms with Crippen LogP contribution in [0.1, 0.15) is 51.9 Å². The van der Waals surface area contributed by atoms with E-state index in [-0.39, 0.29) is 11.8 Å². The SMILES string of the molecule is CC[CH]NC(=O)C1CCCCCC1. The molecule has 1 fully saturated rings. The first-order valence-corrected chi connectivity index (χ1v) is 5.46. The van der Waals surface area contributed by atoms with Crippen LogP contribution >= 0.6 is 0 Å². The molecule has 0 aromatic heterocycles. The van der Waals surface area contributed by atoms with Gasteiger partial charge in [-0.3, -0.25) is 4.79 Å². The molecule has 0 aromatic carbocycles. The average molecular weight is 182 g/mol. The number of amides is 1. The molecule has 1 aliphatic carbocycles. The Kier molecular flexibility index (Phi) is 4.87. The smallest absolute Gasteiger partial charge is 0.223 e. The third-order valence-electron chi connectivity index (χ3n) is 2.67. The van der Waals surface area contributed by atoms with Gasteiger partial charge in [0.2, 0.25) is 5.91 Å². The maximum atomic E-state index is 11.6. The standard InChI is InChI=1S/C11H20NO/c1-2-9-12-11(13)10-7-5-3-4-6-8-10/h9-10H,2-8H2,1H3,(H,12,13). The second kappa shape index (κ2) is 6.01. The molecule has 0 saturated heterocycles. The summed E-state index contributed by atoms with van der Waals surface area (Å²) in [4.78, 5) is 11.6. The van der Waals surface area contributed by atoms with E-state index in [2.05, 4.69) is 5.32 Å². The number of carbonyl (C=O) groups excluding carboxylic acids is 1. The maximum Gasteiger partial charge on any atom is 0.223 e. The van der Waals surface area contributed by atoms with Crippen molar-refractivity contribution in [2.75, 3.05) is 0 Å². The molecule has 0 heterocycles. The lowest BCUT2D eigenvalue weighted by molar-refractivity contribution is -0.124. The fourth-order valence-corrected chi connectivity index (χ4v) is 1.86. The minimum Gasteiger partial charge on any atom is -0.351 e. The minimum absolute atomic E-state index is 0.240. The molecule has 0 unspecified atom stereocenters. The molecule has 2 nitrogen and oxygen atoms in total. The summed E-state index contributed by atoms with van der Waals surface area (Å²) in [5.74, 6) is 0.522. The molecule has 1 radical (unpaired) electrons. The van der Waals surface area contributed by atoms with Gasteiger partial charge in [-0.1, -0.05) is 32.6 Å². The van der Waals surface area contributed by atoms with Crippen molar-refractivity contribution in [1.29, 1.82) is 0 Å². The lowest BCUT2D eigenvalue weighted by atomic mass is 9.99. The van der Waals surface area contributed by atoms with Crippen molar-refractivity contribution < 1.29 is 4.79 Å². The molecule has 1 saturated carbocycles. The molecule has 75 valence electrons. The van der Waals surface area contributed by atoms with Crippen molar-refractivity contribution in [3.8, 4) is 0 Å². The average Bonchev–Trinajstić information content (AvgIpc) is 2.42. The van der Waals surface area contributed by atoms with E-state index < -0.39 is 0 Å². The molecule has 2 heteroatoms. The Balaban J connectivity index is 2.26. The van der Waals surface area contributed by atoms with Crippen LogP contribution in [-0.4, -0.2) is 5.91 Å². The number of nitrogens with one attached hydrogen (secondary N) is 1. The number of hydrogen-bond donors (Lipinski definition) is 1. The topological polar surface area (TPSA) is 29.1 Å². The van der Waals surface area contributed by atoms with E-state index in [0.29, 0.717) is 0 Å². The highest BCUT2D eigenvalue weighted by atomic mass is 16.1. The summed E-state index contributed by atoms with van der Waals surface area (Å²) in [7, 11) is 0. The Morgan fingerprint density at radius 2 is 1.92 bits per heavy atom. The molecular weight excluding hydrogens is 162 g/mol. The minimum atomic E-state index is 0.240. The van der Waals surface area contributed by atoms with Crippen LogP contribution in [0.25, 0.3) is 0 Å². The van der Waals surface area contributed by atoms with Gasteiger partial charge < -0.3 is 5.32 Å². The second-order valence-corrected chi connectivity index (χ2v) is 3.81. The zero-order valence-electron chi connectivity index (χ0n) is 8.51. The summed E-state index contributed by atoms with van der Waals surface area (Å²) in [6, 6.07) is 0. The van der Waals surface area contributed by atoms with Crippen LogP contribution in [0.15, 0.2) is 0 Å². The molecule has 0 aromatic rings. The van der Waals surface area contributed by atoms with E-state index in [0.717, 1.165) is 19.3 Å². The molecule has 1 rings (SSSR count). The molecule has 0 bridgehead atoms. The van der Waals surface area contributed by atoms with Crippen molar-refractivity contribution in [2.24, 2.45) is 5.92 Å². The fraction of sp³-hybridized carbons (Fsp3) is 0.818. The van der Waals surface area contributed by atoms with Gasteiger partial charge in [0.15, 0.2) is 0 Å². The highest BCUT2D eigenvalue weighted by Gasteiger charge is 2.18. The summed E-state index contributed by atoms with van der Waals surface area (Å²) in [5, 5.41) is 2.87. The van der Waals surface area contributed by atoms with Gasteiger partial charge in [0, 0.05) is 12.5 Å². The van der Waals surface area contributed by atoms with E-state index in [1.165, 1.54) is 25.7 Å². The van der Waals surface area contributed by atoms with Gasteiger partial charge in [-0.2, -0.15) is 0 Å². The maximum absolute atomic E-state index is 11.6. The van der Waals surface area contributed by atoms with E-state index in [1.807, 2.05) is 13.5 Å². The Hall–Kier alpha value is -0.530. The Morgan fingerprint density at radius 3 is 2.46 bits per heavy atom. The number of rotatable bonds is 3. The van der Waals surface area contributed by atoms with Gasteiger partial charge >= 0.3 is 0 Å². The van der Waals surface area contributed by atoms with Gasteiger partial charge in [0.25, 0.3) is 0 Å². The Bertz CT molecular complexity index is 148. The highest BCUT2D eigenvalue weighted by Crippen LogP contribution is 2.22. The summed E-state index contributed by atoms with van der Waals surface area (Å²) in [6.45, 7) is 3.89. The first-order valence-electron chi connectivity index (χ1n) is 5.46. The van der Waals surface area contributed by atoms with Crippen LogP contribution in [0.4, 0.5) is 0 Å². The Labute approximate surface area is 81.1 Å². The molecule has 1 aliphatic rings. The fourth-order valence-electron chi connectivity index (χ4n) is 1.86. The Morgan fingerprint density at radius 1 is 1.31 bits per heavy atom. The molecule has 1 amide bonds. The molecule has 0 spiro atoms. The van der Waals surface area contributed by atoms with Crippen molar-refractivity contribution in [2.45, 2.75) is 51.9 Å². The van der Waals surface area contributed by atoms with Crippen molar-refractivity contribution >= 4 is 5.91 Å². The van der Waals surface area contributed by atoms with Crippen LogP contribution in [0, 0.1) is 12.5 Å². The van der Waals surface area contributed by atoms with Crippen molar-refractivity contribution in [3.63, 3.8) is 0 Å². The highest BCUT2D eigenvalue weighted by molar-refractivity contribution is 5.79. The number of carbonyl (C=O) groups is 1. The number of hydrogen-bond acceptors (Lipinski definition) is 1. The summed E-state index contributed by atoms with van der Waals surface area (Å²) < 4.78 is 0. The van der Waals surface area contributed by atoms with Gasteiger partial charge in [-0.15, -0.1) is 0 Å². The van der Waals surface area contributed by atoms with Gasteiger partial charge in [0.1, 0.15) is 0 Å². The predicted molar refractivity (Wildman–Crippen MR) is 53.9 cm³/mol. The van der Waals surface area contributed by atoms with Crippen molar-refractivity contribution in [1.82, 2.24) is 5.32 Å². The lowest BCUT2D eigenvalue weighted by Crippen LogP contribution is -2.28. The van der Waals surface area contributed by atoms with Crippen LogP contribution in [0.5, 0.6) is 0 Å². The van der Waals surface area contributed by atoms with Crippen LogP contribution in [-0.2, 0) is 4.79 Å². The summed E-state index contributed by atoms with van der Waals surface area (Å²) in [6.07, 6.45) is 8.15. The first kappa shape index (κ1) is 10.6. The zero-order chi connectivity index (χ0) is 9.52. The largest absolute Gasteiger partial charge is 0.351 e.